The van der Waals surface area contributed by atoms with E-state index in [9.17, 15) is 9.59 Å². The number of amides is 1. The zero-order chi connectivity index (χ0) is 12.2. The molecule has 16 heavy (non-hydrogen) atoms. The summed E-state index contributed by atoms with van der Waals surface area (Å²) in [4.78, 5) is 21.1. The Morgan fingerprint density at radius 2 is 1.88 bits per heavy atom. The topological polar surface area (TPSA) is 46.2 Å². The van der Waals surface area contributed by atoms with Gasteiger partial charge in [-0.1, -0.05) is 43.7 Å². The lowest BCUT2D eigenvalue weighted by atomic mass is 9.84. The van der Waals surface area contributed by atoms with Gasteiger partial charge in [-0.3, -0.25) is 9.59 Å². The molecule has 3 heteroatoms. The predicted molar refractivity (Wildman–Crippen MR) is 63.3 cm³/mol. The Morgan fingerprint density at radius 3 is 2.38 bits per heavy atom. The van der Waals surface area contributed by atoms with Crippen LogP contribution in [-0.2, 0) is 15.0 Å². The summed E-state index contributed by atoms with van der Waals surface area (Å²) >= 11 is 0. The number of aryl methyl sites for hydroxylation is 1. The summed E-state index contributed by atoms with van der Waals surface area (Å²) in [5.74, 6) is -0.569. The minimum atomic E-state index is -0.569. The molecule has 0 saturated carbocycles. The molecule has 86 valence electrons. The summed E-state index contributed by atoms with van der Waals surface area (Å²) in [6, 6.07) is 8.17. The molecule has 0 heterocycles. The van der Waals surface area contributed by atoms with Crippen molar-refractivity contribution in [3.8, 4) is 0 Å². The third kappa shape index (κ3) is 3.19. The van der Waals surface area contributed by atoms with E-state index in [1.807, 2.05) is 45.0 Å². The van der Waals surface area contributed by atoms with Crippen molar-refractivity contribution in [2.75, 3.05) is 6.54 Å². The fourth-order valence-corrected chi connectivity index (χ4v) is 1.46. The van der Waals surface area contributed by atoms with Crippen LogP contribution in [0.5, 0.6) is 0 Å². The van der Waals surface area contributed by atoms with Gasteiger partial charge in [-0.2, -0.15) is 0 Å². The summed E-state index contributed by atoms with van der Waals surface area (Å²) in [5, 5.41) is 2.58. The lowest BCUT2D eigenvalue weighted by molar-refractivity contribution is -0.131. The average Bonchev–Trinajstić information content (AvgIpc) is 2.26. The van der Waals surface area contributed by atoms with Crippen molar-refractivity contribution in [1.82, 2.24) is 5.32 Å². The number of carbonyl (C=O) groups excluding carboxylic acids is 2. The van der Waals surface area contributed by atoms with E-state index in [2.05, 4.69) is 5.32 Å². The highest BCUT2D eigenvalue weighted by atomic mass is 16.2. The molecule has 1 N–H and O–H groups in total. The van der Waals surface area contributed by atoms with Crippen LogP contribution in [-0.4, -0.2) is 18.7 Å². The van der Waals surface area contributed by atoms with Crippen LogP contribution in [0.2, 0.25) is 0 Å². The maximum atomic E-state index is 10.9. The maximum absolute atomic E-state index is 10.9. The van der Waals surface area contributed by atoms with Crippen LogP contribution in [0.3, 0.4) is 0 Å². The van der Waals surface area contributed by atoms with Gasteiger partial charge in [0.2, 0.25) is 6.29 Å². The largest absolute Gasteiger partial charge is 0.349 e. The fraction of sp³-hybridized carbons (Fsp3) is 0.385. The number of benzene rings is 1. The molecule has 0 atom stereocenters. The third-order valence-electron chi connectivity index (χ3n) is 2.64. The normalized spacial score (nSPS) is 10.9. The molecule has 0 radical (unpaired) electrons. The Labute approximate surface area is 95.9 Å². The molecule has 0 unspecified atom stereocenters. The third-order valence-corrected chi connectivity index (χ3v) is 2.64. The van der Waals surface area contributed by atoms with Gasteiger partial charge in [0.25, 0.3) is 5.91 Å². The van der Waals surface area contributed by atoms with E-state index in [-0.39, 0.29) is 5.41 Å². The molecule has 0 aliphatic carbocycles. The van der Waals surface area contributed by atoms with Gasteiger partial charge in [0, 0.05) is 12.0 Å². The Balaban J connectivity index is 2.73. The van der Waals surface area contributed by atoms with Gasteiger partial charge in [-0.15, -0.1) is 0 Å². The summed E-state index contributed by atoms with van der Waals surface area (Å²) in [6.45, 7) is 6.55. The molecule has 0 bridgehead atoms. The minimum absolute atomic E-state index is 0.174. The molecule has 1 aromatic rings. The molecule has 0 saturated heterocycles. The van der Waals surface area contributed by atoms with E-state index in [1.54, 1.807) is 0 Å². The molecule has 0 aromatic heterocycles. The second-order valence-electron chi connectivity index (χ2n) is 4.59. The highest BCUT2D eigenvalue weighted by Gasteiger charge is 2.20. The van der Waals surface area contributed by atoms with Gasteiger partial charge < -0.3 is 5.32 Å². The van der Waals surface area contributed by atoms with Crippen LogP contribution >= 0.6 is 0 Å². The summed E-state index contributed by atoms with van der Waals surface area (Å²) in [6.07, 6.45) is 0.297. The maximum Gasteiger partial charge on any atom is 0.284 e. The highest BCUT2D eigenvalue weighted by Crippen LogP contribution is 2.22. The van der Waals surface area contributed by atoms with Gasteiger partial charge in [0.05, 0.1) is 0 Å². The first-order chi connectivity index (χ1) is 7.45. The first kappa shape index (κ1) is 12.4. The first-order valence-corrected chi connectivity index (χ1v) is 5.26. The monoisotopic (exact) mass is 219 g/mol. The van der Waals surface area contributed by atoms with Crippen LogP contribution in [0.15, 0.2) is 24.3 Å². The molecular weight excluding hydrogens is 202 g/mol. The first-order valence-electron chi connectivity index (χ1n) is 5.26. The van der Waals surface area contributed by atoms with Gasteiger partial charge in [-0.25, -0.2) is 0 Å². The van der Waals surface area contributed by atoms with E-state index in [0.29, 0.717) is 12.8 Å². The minimum Gasteiger partial charge on any atom is -0.349 e. The number of hydrogen-bond acceptors (Lipinski definition) is 2. The Kier molecular flexibility index (Phi) is 3.82. The zero-order valence-electron chi connectivity index (χ0n) is 9.91. The van der Waals surface area contributed by atoms with Gasteiger partial charge in [0.15, 0.2) is 0 Å². The lowest BCUT2D eigenvalue weighted by Gasteiger charge is -2.25. The second kappa shape index (κ2) is 4.92. The van der Waals surface area contributed by atoms with Gasteiger partial charge in [-0.05, 0) is 12.5 Å². The van der Waals surface area contributed by atoms with Crippen molar-refractivity contribution in [3.05, 3.63) is 35.4 Å². The smallest absolute Gasteiger partial charge is 0.284 e. The Bertz CT molecular complexity index is 379. The van der Waals surface area contributed by atoms with Crippen molar-refractivity contribution >= 4 is 12.2 Å². The Morgan fingerprint density at radius 1 is 1.31 bits per heavy atom. The van der Waals surface area contributed by atoms with Crippen LogP contribution in [0, 0.1) is 6.92 Å². The SMILES string of the molecule is Cc1ccc(C(C)(C)CNC(=O)C=O)cc1. The number of rotatable bonds is 4. The standard InChI is InChI=1S/C13H17NO2/c1-10-4-6-11(7-5-10)13(2,3)9-14-12(16)8-15/h4-8H,9H2,1-3H3,(H,14,16). The average molecular weight is 219 g/mol. The van der Waals surface area contributed by atoms with Crippen LogP contribution in [0.4, 0.5) is 0 Å². The van der Waals surface area contributed by atoms with Crippen LogP contribution < -0.4 is 5.32 Å². The van der Waals surface area contributed by atoms with E-state index in [1.165, 1.54) is 5.56 Å². The van der Waals surface area contributed by atoms with Crippen molar-refractivity contribution in [2.45, 2.75) is 26.2 Å². The van der Waals surface area contributed by atoms with Crippen LogP contribution in [0.1, 0.15) is 25.0 Å². The van der Waals surface area contributed by atoms with E-state index < -0.39 is 5.91 Å². The van der Waals surface area contributed by atoms with E-state index in [0.717, 1.165) is 5.56 Å². The Hall–Kier alpha value is -1.64. The van der Waals surface area contributed by atoms with E-state index in [4.69, 9.17) is 0 Å². The molecule has 1 amide bonds. The predicted octanol–water partition coefficient (Wildman–Crippen LogP) is 1.59. The van der Waals surface area contributed by atoms with Crippen molar-refractivity contribution < 1.29 is 9.59 Å². The second-order valence-corrected chi connectivity index (χ2v) is 4.59. The fourth-order valence-electron chi connectivity index (χ4n) is 1.46. The van der Waals surface area contributed by atoms with Crippen molar-refractivity contribution in [1.29, 1.82) is 0 Å². The molecule has 0 fully saturated rings. The molecule has 0 aliphatic heterocycles. The van der Waals surface area contributed by atoms with Crippen LogP contribution in [0.25, 0.3) is 0 Å². The molecular formula is C13H17NO2. The van der Waals surface area contributed by atoms with E-state index >= 15 is 0 Å². The number of nitrogens with one attached hydrogen (secondary N) is 1. The molecule has 1 aromatic carbocycles. The van der Waals surface area contributed by atoms with Crippen molar-refractivity contribution in [3.63, 3.8) is 0 Å². The summed E-state index contributed by atoms with van der Waals surface area (Å²) in [5.41, 5.74) is 2.17. The number of aldehydes is 1. The van der Waals surface area contributed by atoms with Gasteiger partial charge in [0.1, 0.15) is 0 Å². The zero-order valence-corrected chi connectivity index (χ0v) is 9.91. The molecule has 0 spiro atoms. The molecule has 3 nitrogen and oxygen atoms in total. The lowest BCUT2D eigenvalue weighted by Crippen LogP contribution is -2.37. The molecule has 0 aliphatic rings. The summed E-state index contributed by atoms with van der Waals surface area (Å²) in [7, 11) is 0. The number of carbonyl (C=O) groups is 2. The number of hydrogen-bond donors (Lipinski definition) is 1. The summed E-state index contributed by atoms with van der Waals surface area (Å²) < 4.78 is 0. The molecule has 1 rings (SSSR count). The quantitative estimate of drug-likeness (QED) is 0.617. The van der Waals surface area contributed by atoms with Gasteiger partial charge >= 0.3 is 0 Å². The highest BCUT2D eigenvalue weighted by molar-refractivity contribution is 6.23. The van der Waals surface area contributed by atoms with Crippen molar-refractivity contribution in [2.24, 2.45) is 0 Å².